The van der Waals surface area contributed by atoms with Gasteiger partial charge in [0.1, 0.15) is 0 Å². The first-order valence-corrected chi connectivity index (χ1v) is 13.0. The number of rotatable bonds is 10. The Morgan fingerprint density at radius 1 is 1.21 bits per heavy atom. The van der Waals surface area contributed by atoms with Crippen molar-refractivity contribution in [3.63, 3.8) is 0 Å². The van der Waals surface area contributed by atoms with E-state index in [4.69, 9.17) is 4.99 Å². The Kier molecular flexibility index (Phi) is 21.4. The number of halogens is 2. The van der Waals surface area contributed by atoms with E-state index in [-0.39, 0.29) is 0 Å². The van der Waals surface area contributed by atoms with Crippen LogP contribution in [0, 0.1) is 12.8 Å². The number of nitrogens with zero attached hydrogens (tertiary/aromatic N) is 1. The molecular formula is C29H46F2N2S. The molecule has 0 bridgehead atoms. The number of alkyl halides is 2. The molecule has 0 saturated heterocycles. The van der Waals surface area contributed by atoms with Crippen LogP contribution in [0.1, 0.15) is 91.5 Å². The molecule has 0 aliphatic heterocycles. The van der Waals surface area contributed by atoms with E-state index < -0.39 is 6.43 Å². The van der Waals surface area contributed by atoms with Crippen molar-refractivity contribution in [2.24, 2.45) is 10.9 Å². The second-order valence-corrected chi connectivity index (χ2v) is 8.67. The monoisotopic (exact) mass is 492 g/mol. The zero-order valence-electron chi connectivity index (χ0n) is 22.7. The van der Waals surface area contributed by atoms with E-state index in [1.165, 1.54) is 39.4 Å². The molecule has 0 amide bonds. The Morgan fingerprint density at radius 3 is 2.26 bits per heavy atom. The number of H-pyrrole nitrogens is 1. The number of aromatic amines is 1. The SMILES string of the molecule is C=C/C=C\c1c(/C(C)=C/SC(=C\CC)/C(=N/C=C\C)C(C)CC)c[nH]c1C.CC(F)F.CCC. The van der Waals surface area contributed by atoms with Gasteiger partial charge in [-0.15, -0.1) is 0 Å². The van der Waals surface area contributed by atoms with Gasteiger partial charge >= 0.3 is 0 Å². The van der Waals surface area contributed by atoms with E-state index in [0.29, 0.717) is 5.92 Å². The lowest BCUT2D eigenvalue weighted by molar-refractivity contribution is 0.171. The van der Waals surface area contributed by atoms with E-state index in [9.17, 15) is 8.78 Å². The predicted molar refractivity (Wildman–Crippen MR) is 154 cm³/mol. The third-order valence-corrected chi connectivity index (χ3v) is 5.50. The third kappa shape index (κ3) is 14.9. The van der Waals surface area contributed by atoms with Crippen molar-refractivity contribution in [3.8, 4) is 0 Å². The molecular weight excluding hydrogens is 446 g/mol. The molecule has 34 heavy (non-hydrogen) atoms. The Balaban J connectivity index is 0. The van der Waals surface area contributed by atoms with Gasteiger partial charge < -0.3 is 4.98 Å². The van der Waals surface area contributed by atoms with Gasteiger partial charge in [-0.05, 0) is 57.4 Å². The van der Waals surface area contributed by atoms with Crippen LogP contribution in [0.15, 0.2) is 58.6 Å². The van der Waals surface area contributed by atoms with Gasteiger partial charge in [-0.1, -0.05) is 89.8 Å². The second kappa shape index (κ2) is 21.4. The summed E-state index contributed by atoms with van der Waals surface area (Å²) in [5, 5.41) is 2.24. The number of hydrogen-bond donors (Lipinski definition) is 1. The van der Waals surface area contributed by atoms with E-state index in [1.54, 1.807) is 11.8 Å². The molecule has 0 aromatic carbocycles. The van der Waals surface area contributed by atoms with Gasteiger partial charge in [0, 0.05) is 34.1 Å². The van der Waals surface area contributed by atoms with Crippen molar-refractivity contribution in [3.05, 3.63) is 70.4 Å². The fourth-order valence-electron chi connectivity index (χ4n) is 2.64. The van der Waals surface area contributed by atoms with Crippen molar-refractivity contribution >= 4 is 29.1 Å². The minimum Gasteiger partial charge on any atom is -0.364 e. The summed E-state index contributed by atoms with van der Waals surface area (Å²) in [6, 6.07) is 0. The highest BCUT2D eigenvalue weighted by atomic mass is 32.2. The van der Waals surface area contributed by atoms with Crippen molar-refractivity contribution in [1.82, 2.24) is 4.98 Å². The van der Waals surface area contributed by atoms with Crippen LogP contribution in [0.3, 0.4) is 0 Å². The average molecular weight is 493 g/mol. The molecule has 0 radical (unpaired) electrons. The largest absolute Gasteiger partial charge is 0.364 e. The zero-order chi connectivity index (χ0) is 26.5. The lowest BCUT2D eigenvalue weighted by atomic mass is 10.0. The summed E-state index contributed by atoms with van der Waals surface area (Å²) in [5.41, 5.74) is 6.02. The number of nitrogens with one attached hydrogen (secondary N) is 1. The maximum Gasteiger partial charge on any atom is 0.235 e. The zero-order valence-corrected chi connectivity index (χ0v) is 23.5. The second-order valence-electron chi connectivity index (χ2n) is 7.76. The molecule has 5 heteroatoms. The van der Waals surface area contributed by atoms with Crippen LogP contribution in [-0.4, -0.2) is 17.1 Å². The smallest absolute Gasteiger partial charge is 0.235 e. The van der Waals surface area contributed by atoms with Crippen molar-refractivity contribution in [2.45, 2.75) is 88.0 Å². The van der Waals surface area contributed by atoms with Gasteiger partial charge in [0.05, 0.1) is 5.71 Å². The number of aromatic nitrogens is 1. The van der Waals surface area contributed by atoms with Gasteiger partial charge in [-0.2, -0.15) is 0 Å². The van der Waals surface area contributed by atoms with E-state index in [1.807, 2.05) is 31.4 Å². The first kappa shape index (κ1) is 34.0. The Bertz CT molecular complexity index is 824. The maximum absolute atomic E-state index is 10.3. The van der Waals surface area contributed by atoms with Gasteiger partial charge in [0.25, 0.3) is 0 Å². The highest BCUT2D eigenvalue weighted by Gasteiger charge is 2.14. The van der Waals surface area contributed by atoms with Gasteiger partial charge in [-0.3, -0.25) is 4.99 Å². The standard InChI is InChI=1S/C24H34N2S.C3H8.C2H4F2/c1-8-12-14-21-20(7)26-16-22(21)19(6)17-27-23(13-9-2)24(18(5)11-4)25-15-10-3;1-3-2;1-2(3)4/h8,10,12-18,26H,1,9,11H2,2-7H3;3H2,1-2H3;2H,1H3/b14-12-,15-10-,19-17+,23-13-,25-24+;;. The van der Waals surface area contributed by atoms with E-state index in [0.717, 1.165) is 19.8 Å². The average Bonchev–Trinajstić information content (AvgIpc) is 3.16. The van der Waals surface area contributed by atoms with Crippen LogP contribution in [-0.2, 0) is 0 Å². The third-order valence-electron chi connectivity index (χ3n) is 4.40. The summed E-state index contributed by atoms with van der Waals surface area (Å²) in [7, 11) is 0. The highest BCUT2D eigenvalue weighted by Crippen LogP contribution is 2.30. The van der Waals surface area contributed by atoms with Crippen LogP contribution < -0.4 is 0 Å². The van der Waals surface area contributed by atoms with Gasteiger partial charge in [-0.25, -0.2) is 8.78 Å². The number of thioether (sulfide) groups is 1. The Hall–Kier alpha value is -2.14. The maximum atomic E-state index is 10.3. The van der Waals surface area contributed by atoms with Crippen molar-refractivity contribution < 1.29 is 8.78 Å². The number of aliphatic imine (C=N–C) groups is 1. The molecule has 0 fully saturated rings. The highest BCUT2D eigenvalue weighted by molar-refractivity contribution is 8.06. The summed E-state index contributed by atoms with van der Waals surface area (Å²) >= 11 is 1.77. The van der Waals surface area contributed by atoms with Crippen LogP contribution in [0.25, 0.3) is 11.6 Å². The Morgan fingerprint density at radius 2 is 1.79 bits per heavy atom. The number of allylic oxidation sites excluding steroid dienone is 6. The molecule has 1 heterocycles. The predicted octanol–water partition coefficient (Wildman–Crippen LogP) is 10.6. The van der Waals surface area contributed by atoms with Crippen molar-refractivity contribution in [1.29, 1.82) is 0 Å². The molecule has 2 nitrogen and oxygen atoms in total. The van der Waals surface area contributed by atoms with Gasteiger partial charge in [0.15, 0.2) is 0 Å². The van der Waals surface area contributed by atoms with Crippen LogP contribution in [0.2, 0.25) is 0 Å². The molecule has 0 spiro atoms. The summed E-state index contributed by atoms with van der Waals surface area (Å²) in [6.07, 6.45) is 15.3. The summed E-state index contributed by atoms with van der Waals surface area (Å²) in [6.45, 7) is 21.8. The molecule has 1 N–H and O–H groups in total. The van der Waals surface area contributed by atoms with Crippen LogP contribution in [0.5, 0.6) is 0 Å². The lowest BCUT2D eigenvalue weighted by Crippen LogP contribution is -2.11. The normalized spacial score (nSPS) is 13.6. The molecule has 192 valence electrons. The molecule has 1 atom stereocenters. The van der Waals surface area contributed by atoms with Gasteiger partial charge in [0.2, 0.25) is 6.43 Å². The first-order chi connectivity index (χ1) is 16.1. The minimum absolute atomic E-state index is 0.431. The molecule has 1 rings (SSSR count). The fourth-order valence-corrected chi connectivity index (χ4v) is 3.71. The lowest BCUT2D eigenvalue weighted by Gasteiger charge is -2.15. The summed E-state index contributed by atoms with van der Waals surface area (Å²) in [5.74, 6) is 0.431. The molecule has 0 saturated carbocycles. The molecule has 0 aliphatic carbocycles. The molecule has 1 aromatic heterocycles. The summed E-state index contributed by atoms with van der Waals surface area (Å²) in [4.78, 5) is 9.32. The summed E-state index contributed by atoms with van der Waals surface area (Å²) < 4.78 is 20.7. The molecule has 1 unspecified atom stereocenters. The number of aryl methyl sites for hydroxylation is 1. The van der Waals surface area contributed by atoms with Crippen LogP contribution >= 0.6 is 11.8 Å². The first-order valence-electron chi connectivity index (χ1n) is 12.1. The molecule has 0 aliphatic rings. The van der Waals surface area contributed by atoms with E-state index >= 15 is 0 Å². The quantitative estimate of drug-likeness (QED) is 0.255. The topological polar surface area (TPSA) is 28.1 Å². The molecule has 1 aromatic rings. The van der Waals surface area contributed by atoms with Crippen LogP contribution in [0.4, 0.5) is 8.78 Å². The van der Waals surface area contributed by atoms with Crippen molar-refractivity contribution in [2.75, 3.05) is 0 Å². The fraction of sp³-hybridized carbons (Fsp3) is 0.483. The Labute approximate surface area is 212 Å². The number of hydrogen-bond acceptors (Lipinski definition) is 2. The van der Waals surface area contributed by atoms with E-state index in [2.05, 4.69) is 83.8 Å². The minimum atomic E-state index is -2.17.